The normalized spacial score (nSPS) is 13.9. The van der Waals surface area contributed by atoms with Crippen molar-refractivity contribution in [2.75, 3.05) is 40.0 Å². The fourth-order valence-corrected chi connectivity index (χ4v) is 2.18. The van der Waals surface area contributed by atoms with Crippen molar-refractivity contribution in [2.45, 2.75) is 0 Å². The van der Waals surface area contributed by atoms with E-state index in [9.17, 15) is 24.5 Å². The highest BCUT2D eigenvalue weighted by Gasteiger charge is 2.22. The van der Waals surface area contributed by atoms with Crippen molar-refractivity contribution in [1.29, 1.82) is 0 Å². The Labute approximate surface area is 142 Å². The predicted octanol–water partition coefficient (Wildman–Crippen LogP) is 0.397. The first-order valence-electron chi connectivity index (χ1n) is 7.33. The fourth-order valence-electron chi connectivity index (χ4n) is 2.18. The smallest absolute Gasteiger partial charge is 0.338 e. The summed E-state index contributed by atoms with van der Waals surface area (Å²) < 4.78 is 14.5. The Bertz CT molecular complexity index is 697. The molecule has 0 aromatic heterocycles. The third-order valence-corrected chi connectivity index (χ3v) is 3.48. The van der Waals surface area contributed by atoms with Crippen LogP contribution in [-0.4, -0.2) is 67.7 Å². The second-order valence-electron chi connectivity index (χ2n) is 5.09. The van der Waals surface area contributed by atoms with Crippen molar-refractivity contribution in [1.82, 2.24) is 4.90 Å². The molecule has 0 unspecified atom stereocenters. The summed E-state index contributed by atoms with van der Waals surface area (Å²) in [7, 11) is 1.11. The SMILES string of the molecule is COC(=O)c1cc(C(=O)OCC(=O)N2CCOCC2)cc([N+](=O)[O-])c1. The Hall–Kier alpha value is -3.01. The van der Waals surface area contributed by atoms with Gasteiger partial charge in [-0.1, -0.05) is 0 Å². The number of morpholine rings is 1. The van der Waals surface area contributed by atoms with Gasteiger partial charge in [0.05, 0.1) is 36.4 Å². The fraction of sp³-hybridized carbons (Fsp3) is 0.400. The van der Waals surface area contributed by atoms with Gasteiger partial charge in [0.2, 0.25) is 0 Å². The molecule has 10 heteroatoms. The van der Waals surface area contributed by atoms with Crippen LogP contribution in [0.4, 0.5) is 5.69 Å². The summed E-state index contributed by atoms with van der Waals surface area (Å²) >= 11 is 0. The number of methoxy groups -OCH3 is 1. The number of amides is 1. The van der Waals surface area contributed by atoms with Crippen molar-refractivity contribution in [3.05, 3.63) is 39.4 Å². The van der Waals surface area contributed by atoms with Crippen molar-refractivity contribution < 1.29 is 33.5 Å². The van der Waals surface area contributed by atoms with Crippen LogP contribution in [0.2, 0.25) is 0 Å². The molecule has 0 bridgehead atoms. The maximum Gasteiger partial charge on any atom is 0.338 e. The van der Waals surface area contributed by atoms with Crippen LogP contribution in [0.3, 0.4) is 0 Å². The molecule has 0 N–H and O–H groups in total. The number of non-ortho nitro benzene ring substituents is 1. The van der Waals surface area contributed by atoms with E-state index in [-0.39, 0.29) is 11.1 Å². The number of hydrogen-bond donors (Lipinski definition) is 0. The molecule has 0 saturated carbocycles. The van der Waals surface area contributed by atoms with Crippen molar-refractivity contribution >= 4 is 23.5 Å². The summed E-state index contributed by atoms with van der Waals surface area (Å²) in [5, 5.41) is 10.9. The zero-order valence-corrected chi connectivity index (χ0v) is 13.4. The van der Waals surface area contributed by atoms with Gasteiger partial charge in [-0.15, -0.1) is 0 Å². The molecule has 10 nitrogen and oxygen atoms in total. The molecular weight excluding hydrogens is 336 g/mol. The number of nitro groups is 1. The van der Waals surface area contributed by atoms with E-state index in [1.54, 1.807) is 0 Å². The molecule has 0 atom stereocenters. The zero-order valence-electron chi connectivity index (χ0n) is 13.4. The summed E-state index contributed by atoms with van der Waals surface area (Å²) in [5.74, 6) is -2.17. The Kier molecular flexibility index (Phi) is 6.01. The lowest BCUT2D eigenvalue weighted by atomic mass is 10.1. The molecule has 1 aromatic carbocycles. The van der Waals surface area contributed by atoms with Gasteiger partial charge in [-0.3, -0.25) is 14.9 Å². The third kappa shape index (κ3) is 4.73. The highest BCUT2D eigenvalue weighted by atomic mass is 16.6. The van der Waals surface area contributed by atoms with E-state index in [1.807, 2.05) is 0 Å². The summed E-state index contributed by atoms with van der Waals surface area (Å²) in [4.78, 5) is 47.3. The molecule has 1 fully saturated rings. The summed E-state index contributed by atoms with van der Waals surface area (Å²) in [5.41, 5.74) is -0.845. The standard InChI is InChI=1S/C15H16N2O8/c1-23-14(19)10-6-11(8-12(7-10)17(21)22)15(20)25-9-13(18)16-2-4-24-5-3-16/h6-8H,2-5,9H2,1H3. The molecule has 0 spiro atoms. The number of nitro benzene ring substituents is 1. The van der Waals surface area contributed by atoms with E-state index in [1.165, 1.54) is 4.90 Å². The highest BCUT2D eigenvalue weighted by molar-refractivity contribution is 5.97. The Morgan fingerprint density at radius 3 is 2.32 bits per heavy atom. The molecule has 25 heavy (non-hydrogen) atoms. The van der Waals surface area contributed by atoms with Crippen LogP contribution in [0.25, 0.3) is 0 Å². The minimum absolute atomic E-state index is 0.164. The number of rotatable bonds is 5. The largest absolute Gasteiger partial charge is 0.465 e. The topological polar surface area (TPSA) is 125 Å². The lowest BCUT2D eigenvalue weighted by Gasteiger charge is -2.26. The van der Waals surface area contributed by atoms with Crippen molar-refractivity contribution in [2.24, 2.45) is 0 Å². The first-order chi connectivity index (χ1) is 11.9. The van der Waals surface area contributed by atoms with E-state index < -0.39 is 35.1 Å². The van der Waals surface area contributed by atoms with Crippen molar-refractivity contribution in [3.63, 3.8) is 0 Å². The monoisotopic (exact) mass is 352 g/mol. The van der Waals surface area contributed by atoms with E-state index in [2.05, 4.69) is 4.74 Å². The second-order valence-corrected chi connectivity index (χ2v) is 5.09. The minimum atomic E-state index is -0.949. The van der Waals surface area contributed by atoms with Crippen LogP contribution in [0, 0.1) is 10.1 Å². The number of hydrogen-bond acceptors (Lipinski definition) is 8. The Morgan fingerprint density at radius 1 is 1.16 bits per heavy atom. The van der Waals surface area contributed by atoms with Gasteiger partial charge in [-0.05, 0) is 6.07 Å². The number of carbonyl (C=O) groups is 3. The summed E-state index contributed by atoms with van der Waals surface area (Å²) in [6.45, 7) is 1.12. The van der Waals surface area contributed by atoms with Gasteiger partial charge < -0.3 is 19.1 Å². The van der Waals surface area contributed by atoms with Gasteiger partial charge in [-0.25, -0.2) is 9.59 Å². The average molecular weight is 352 g/mol. The average Bonchev–Trinajstić information content (AvgIpc) is 2.65. The van der Waals surface area contributed by atoms with E-state index in [4.69, 9.17) is 9.47 Å². The van der Waals surface area contributed by atoms with Crippen LogP contribution in [0.15, 0.2) is 18.2 Å². The molecule has 0 aliphatic carbocycles. The Balaban J connectivity index is 2.09. The number of carbonyl (C=O) groups excluding carboxylic acids is 3. The zero-order chi connectivity index (χ0) is 18.4. The number of benzene rings is 1. The van der Waals surface area contributed by atoms with E-state index >= 15 is 0 Å². The molecule has 1 aromatic rings. The molecule has 0 radical (unpaired) electrons. The molecule has 1 aliphatic rings. The molecule has 1 amide bonds. The first-order valence-corrected chi connectivity index (χ1v) is 7.33. The number of ether oxygens (including phenoxy) is 3. The Morgan fingerprint density at radius 2 is 1.76 bits per heavy atom. The minimum Gasteiger partial charge on any atom is -0.465 e. The maximum absolute atomic E-state index is 12.1. The molecular formula is C15H16N2O8. The molecule has 134 valence electrons. The summed E-state index contributed by atoms with van der Waals surface area (Å²) in [6.07, 6.45) is 0. The van der Waals surface area contributed by atoms with Crippen molar-refractivity contribution in [3.8, 4) is 0 Å². The van der Waals surface area contributed by atoms with Crippen LogP contribution < -0.4 is 0 Å². The molecule has 1 saturated heterocycles. The van der Waals surface area contributed by atoms with Crippen LogP contribution in [-0.2, 0) is 19.0 Å². The van der Waals surface area contributed by atoms with Gasteiger partial charge in [0, 0.05) is 25.2 Å². The first kappa shape index (κ1) is 18.3. The van der Waals surface area contributed by atoms with Crippen LogP contribution in [0.5, 0.6) is 0 Å². The molecule has 2 rings (SSSR count). The summed E-state index contributed by atoms with van der Waals surface area (Å²) in [6, 6.07) is 3.07. The van der Waals surface area contributed by atoms with E-state index in [0.717, 1.165) is 25.3 Å². The number of nitrogens with zero attached hydrogens (tertiary/aromatic N) is 2. The lowest BCUT2D eigenvalue weighted by molar-refractivity contribution is -0.384. The molecule has 1 aliphatic heterocycles. The second kappa shape index (κ2) is 8.20. The van der Waals surface area contributed by atoms with Crippen LogP contribution in [0.1, 0.15) is 20.7 Å². The molecule has 1 heterocycles. The van der Waals surface area contributed by atoms with Gasteiger partial charge in [-0.2, -0.15) is 0 Å². The van der Waals surface area contributed by atoms with Gasteiger partial charge in [0.25, 0.3) is 11.6 Å². The van der Waals surface area contributed by atoms with E-state index in [0.29, 0.717) is 26.3 Å². The van der Waals surface area contributed by atoms with Gasteiger partial charge >= 0.3 is 11.9 Å². The maximum atomic E-state index is 12.1. The van der Waals surface area contributed by atoms with Crippen LogP contribution >= 0.6 is 0 Å². The number of esters is 2. The predicted molar refractivity (Wildman–Crippen MR) is 82.1 cm³/mol. The van der Waals surface area contributed by atoms with Gasteiger partial charge in [0.15, 0.2) is 6.61 Å². The third-order valence-electron chi connectivity index (χ3n) is 3.48. The highest BCUT2D eigenvalue weighted by Crippen LogP contribution is 2.19. The van der Waals surface area contributed by atoms with Gasteiger partial charge in [0.1, 0.15) is 0 Å². The lowest BCUT2D eigenvalue weighted by Crippen LogP contribution is -2.42. The quantitative estimate of drug-likeness (QED) is 0.423.